The molecule has 0 saturated heterocycles. The number of para-hydroxylation sites is 1. The van der Waals surface area contributed by atoms with Crippen molar-refractivity contribution in [3.8, 4) is 0 Å². The highest BCUT2D eigenvalue weighted by Crippen LogP contribution is 2.29. The van der Waals surface area contributed by atoms with Crippen molar-refractivity contribution < 1.29 is 9.59 Å². The van der Waals surface area contributed by atoms with Gasteiger partial charge in [0.15, 0.2) is 11.5 Å². The summed E-state index contributed by atoms with van der Waals surface area (Å²) in [7, 11) is 1.45. The Hall–Kier alpha value is -2.38. The average molecular weight is 354 g/mol. The molecule has 1 heterocycles. The summed E-state index contributed by atoms with van der Waals surface area (Å²) in [6.45, 7) is -0.226. The molecule has 7 nitrogen and oxygen atoms in total. The monoisotopic (exact) mass is 353 g/mol. The number of carbonyl (C=O) groups is 2. The zero-order valence-corrected chi connectivity index (χ0v) is 13.6. The van der Waals surface area contributed by atoms with Gasteiger partial charge in [-0.1, -0.05) is 29.3 Å². The molecular formula is C14H13Cl2N5O2. The lowest BCUT2D eigenvalue weighted by Crippen LogP contribution is -2.35. The number of anilines is 2. The molecule has 120 valence electrons. The third-order valence-corrected chi connectivity index (χ3v) is 3.51. The van der Waals surface area contributed by atoms with Gasteiger partial charge in [-0.2, -0.15) is 0 Å². The third-order valence-electron chi connectivity index (χ3n) is 2.88. The standard InChI is InChI=1S/C14H13Cl2N5O2/c1-21(14(23)12-13(17)19-6-5-18-12)7-10(22)20-11-8(15)3-2-4-9(11)16/h2-6H,7H2,1H3,(H2,17,19)(H,20,22). The van der Waals surface area contributed by atoms with Crippen LogP contribution in [0, 0.1) is 0 Å². The lowest BCUT2D eigenvalue weighted by Gasteiger charge is -2.17. The molecule has 0 radical (unpaired) electrons. The molecule has 3 N–H and O–H groups in total. The van der Waals surface area contributed by atoms with Crippen LogP contribution in [0.15, 0.2) is 30.6 Å². The SMILES string of the molecule is CN(CC(=O)Nc1c(Cl)cccc1Cl)C(=O)c1nccnc1N. The van der Waals surface area contributed by atoms with Crippen molar-refractivity contribution in [2.24, 2.45) is 0 Å². The van der Waals surface area contributed by atoms with Gasteiger partial charge in [-0.25, -0.2) is 9.97 Å². The molecule has 0 aliphatic rings. The van der Waals surface area contributed by atoms with Crippen molar-refractivity contribution in [1.82, 2.24) is 14.9 Å². The summed E-state index contributed by atoms with van der Waals surface area (Å²) in [4.78, 5) is 33.1. The number of hydrogen-bond donors (Lipinski definition) is 2. The van der Waals surface area contributed by atoms with E-state index in [4.69, 9.17) is 28.9 Å². The molecule has 0 aliphatic carbocycles. The lowest BCUT2D eigenvalue weighted by molar-refractivity contribution is -0.116. The van der Waals surface area contributed by atoms with E-state index in [-0.39, 0.29) is 18.1 Å². The molecule has 0 bridgehead atoms. The first kappa shape index (κ1) is 17.0. The highest BCUT2D eigenvalue weighted by atomic mass is 35.5. The topological polar surface area (TPSA) is 101 Å². The number of nitrogens with two attached hydrogens (primary N) is 1. The van der Waals surface area contributed by atoms with Crippen LogP contribution in [0.3, 0.4) is 0 Å². The normalized spacial score (nSPS) is 10.2. The molecule has 1 aromatic carbocycles. The second-order valence-electron chi connectivity index (χ2n) is 4.60. The van der Waals surface area contributed by atoms with E-state index in [1.807, 2.05) is 0 Å². The molecular weight excluding hydrogens is 341 g/mol. The van der Waals surface area contributed by atoms with E-state index >= 15 is 0 Å². The molecule has 9 heteroatoms. The number of benzene rings is 1. The Morgan fingerprint density at radius 2 is 1.83 bits per heavy atom. The smallest absolute Gasteiger partial charge is 0.276 e. The molecule has 23 heavy (non-hydrogen) atoms. The molecule has 1 aromatic heterocycles. The average Bonchev–Trinajstić information content (AvgIpc) is 2.51. The Kier molecular flexibility index (Phi) is 5.36. The third kappa shape index (κ3) is 4.08. The van der Waals surface area contributed by atoms with Gasteiger partial charge in [-0.05, 0) is 12.1 Å². The summed E-state index contributed by atoms with van der Waals surface area (Å²) < 4.78 is 0. The molecule has 0 fully saturated rings. The molecule has 0 saturated carbocycles. The Bertz CT molecular complexity index is 733. The van der Waals surface area contributed by atoms with Gasteiger partial charge in [0.2, 0.25) is 5.91 Å². The van der Waals surface area contributed by atoms with Crippen LogP contribution >= 0.6 is 23.2 Å². The van der Waals surface area contributed by atoms with Gasteiger partial charge in [0.1, 0.15) is 0 Å². The van der Waals surface area contributed by atoms with E-state index in [2.05, 4.69) is 15.3 Å². The van der Waals surface area contributed by atoms with Crippen LogP contribution in [-0.2, 0) is 4.79 Å². The van der Waals surface area contributed by atoms with Crippen molar-refractivity contribution >= 4 is 46.5 Å². The van der Waals surface area contributed by atoms with E-state index < -0.39 is 11.8 Å². The van der Waals surface area contributed by atoms with E-state index in [0.717, 1.165) is 0 Å². The minimum absolute atomic E-state index is 0.00101. The number of nitrogen functional groups attached to an aromatic ring is 1. The lowest BCUT2D eigenvalue weighted by atomic mass is 10.3. The van der Waals surface area contributed by atoms with Crippen molar-refractivity contribution in [2.45, 2.75) is 0 Å². The molecule has 0 aliphatic heterocycles. The van der Waals surface area contributed by atoms with Crippen LogP contribution in [-0.4, -0.2) is 40.3 Å². The summed E-state index contributed by atoms with van der Waals surface area (Å²) in [5.74, 6) is -0.978. The zero-order valence-electron chi connectivity index (χ0n) is 12.1. The second-order valence-corrected chi connectivity index (χ2v) is 5.41. The number of carbonyl (C=O) groups excluding carboxylic acids is 2. The second kappa shape index (κ2) is 7.26. The highest BCUT2D eigenvalue weighted by molar-refractivity contribution is 6.39. The van der Waals surface area contributed by atoms with Crippen LogP contribution in [0.4, 0.5) is 11.5 Å². The van der Waals surface area contributed by atoms with E-state index in [9.17, 15) is 9.59 Å². The maximum Gasteiger partial charge on any atom is 0.276 e. The minimum Gasteiger partial charge on any atom is -0.382 e. The quantitative estimate of drug-likeness (QED) is 0.875. The first-order valence-electron chi connectivity index (χ1n) is 6.46. The predicted octanol–water partition coefficient (Wildman–Crippen LogP) is 2.08. The van der Waals surface area contributed by atoms with Gasteiger partial charge in [0, 0.05) is 19.4 Å². The van der Waals surface area contributed by atoms with Crippen LogP contribution < -0.4 is 11.1 Å². The fraction of sp³-hybridized carbons (Fsp3) is 0.143. The maximum atomic E-state index is 12.2. The van der Waals surface area contributed by atoms with Crippen molar-refractivity contribution in [3.63, 3.8) is 0 Å². The van der Waals surface area contributed by atoms with Crippen LogP contribution in [0.25, 0.3) is 0 Å². The summed E-state index contributed by atoms with van der Waals surface area (Å²) >= 11 is 11.9. The summed E-state index contributed by atoms with van der Waals surface area (Å²) in [6.07, 6.45) is 2.72. The van der Waals surface area contributed by atoms with Crippen molar-refractivity contribution in [3.05, 3.63) is 46.3 Å². The van der Waals surface area contributed by atoms with Gasteiger partial charge in [-0.15, -0.1) is 0 Å². The number of amides is 2. The maximum absolute atomic E-state index is 12.2. The number of nitrogens with zero attached hydrogens (tertiary/aromatic N) is 3. The predicted molar refractivity (Wildman–Crippen MR) is 88.5 cm³/mol. The van der Waals surface area contributed by atoms with Crippen LogP contribution in [0.5, 0.6) is 0 Å². The molecule has 0 unspecified atom stereocenters. The number of aromatic nitrogens is 2. The largest absolute Gasteiger partial charge is 0.382 e. The Labute approximate surface area is 142 Å². The van der Waals surface area contributed by atoms with Gasteiger partial charge in [-0.3, -0.25) is 9.59 Å². The van der Waals surface area contributed by atoms with E-state index in [1.54, 1.807) is 18.2 Å². The number of nitrogens with one attached hydrogen (secondary N) is 1. The summed E-state index contributed by atoms with van der Waals surface area (Å²) in [5.41, 5.74) is 5.87. The number of hydrogen-bond acceptors (Lipinski definition) is 5. The van der Waals surface area contributed by atoms with E-state index in [1.165, 1.54) is 24.3 Å². The van der Waals surface area contributed by atoms with Crippen molar-refractivity contribution in [2.75, 3.05) is 24.6 Å². The Morgan fingerprint density at radius 1 is 1.22 bits per heavy atom. The van der Waals surface area contributed by atoms with Gasteiger partial charge < -0.3 is 16.0 Å². The molecule has 2 rings (SSSR count). The first-order chi connectivity index (χ1) is 10.9. The van der Waals surface area contributed by atoms with E-state index in [0.29, 0.717) is 15.7 Å². The Morgan fingerprint density at radius 3 is 2.43 bits per heavy atom. The Balaban J connectivity index is 2.05. The fourth-order valence-electron chi connectivity index (χ4n) is 1.78. The number of halogens is 2. The van der Waals surface area contributed by atoms with Crippen molar-refractivity contribution in [1.29, 1.82) is 0 Å². The highest BCUT2D eigenvalue weighted by Gasteiger charge is 2.20. The van der Waals surface area contributed by atoms with Crippen LogP contribution in [0.1, 0.15) is 10.5 Å². The van der Waals surface area contributed by atoms with Crippen LogP contribution in [0.2, 0.25) is 10.0 Å². The molecule has 0 spiro atoms. The number of rotatable bonds is 4. The van der Waals surface area contributed by atoms with Gasteiger partial charge >= 0.3 is 0 Å². The molecule has 2 amide bonds. The fourth-order valence-corrected chi connectivity index (χ4v) is 2.27. The number of likely N-dealkylation sites (N-methyl/N-ethyl adjacent to an activating group) is 1. The minimum atomic E-state index is -0.518. The first-order valence-corrected chi connectivity index (χ1v) is 7.21. The summed E-state index contributed by atoms with van der Waals surface area (Å²) in [6, 6.07) is 4.85. The summed E-state index contributed by atoms with van der Waals surface area (Å²) in [5, 5.41) is 3.17. The van der Waals surface area contributed by atoms with Gasteiger partial charge in [0.25, 0.3) is 5.91 Å². The van der Waals surface area contributed by atoms with Gasteiger partial charge in [0.05, 0.1) is 22.3 Å². The zero-order chi connectivity index (χ0) is 17.0. The molecule has 0 atom stereocenters. The molecule has 2 aromatic rings.